The Kier molecular flexibility index (Phi) is 29.4. The minimum absolute atomic E-state index is 0.000718. The number of ether oxygens (including phenoxy) is 3. The summed E-state index contributed by atoms with van der Waals surface area (Å²) in [6.07, 6.45) is -12.8. The van der Waals surface area contributed by atoms with Crippen LogP contribution in [0.15, 0.2) is 107 Å². The second-order valence-corrected chi connectivity index (χ2v) is 25.9. The quantitative estimate of drug-likeness (QED) is 0.0435. The van der Waals surface area contributed by atoms with E-state index in [9.17, 15) is 94.2 Å². The van der Waals surface area contributed by atoms with E-state index < -0.39 is 153 Å². The van der Waals surface area contributed by atoms with E-state index in [1.165, 1.54) is 60.8 Å². The van der Waals surface area contributed by atoms with Crippen LogP contribution >= 0.6 is 103 Å². The Hall–Kier alpha value is -4.43. The number of ketones is 2. The number of carbonyl (C=O) groups excluding carboxylic acids is 5. The third-order valence-electron chi connectivity index (χ3n) is 12.2. The number of thioether (sulfide) groups is 2. The Morgan fingerprint density at radius 1 is 0.596 bits per heavy atom. The third kappa shape index (κ3) is 20.3. The molecule has 2 aliphatic carbocycles. The van der Waals surface area contributed by atoms with Gasteiger partial charge in [-0.1, -0.05) is 91.8 Å². The van der Waals surface area contributed by atoms with E-state index in [2.05, 4.69) is 89.1 Å². The summed E-state index contributed by atoms with van der Waals surface area (Å²) in [7, 11) is 0. The summed E-state index contributed by atoms with van der Waals surface area (Å²) >= 11 is 17.7. The first kappa shape index (κ1) is 77.0. The van der Waals surface area contributed by atoms with Crippen molar-refractivity contribution in [2.24, 2.45) is 0 Å². The summed E-state index contributed by atoms with van der Waals surface area (Å²) in [6, 6.07) is 15.1. The van der Waals surface area contributed by atoms with E-state index in [-0.39, 0.29) is 46.3 Å². The van der Waals surface area contributed by atoms with Gasteiger partial charge in [0.2, 0.25) is 0 Å². The van der Waals surface area contributed by atoms with Crippen LogP contribution in [-0.4, -0.2) is 91.7 Å². The summed E-state index contributed by atoms with van der Waals surface area (Å²) < 4.78 is 231. The minimum Gasteiger partial charge on any atom is -0.466 e. The van der Waals surface area contributed by atoms with Gasteiger partial charge < -0.3 is 14.2 Å². The molecule has 1 saturated heterocycles. The van der Waals surface area contributed by atoms with Gasteiger partial charge in [0.15, 0.2) is 36.3 Å². The smallest absolute Gasteiger partial charge is 0.310 e. The maximum absolute atomic E-state index is 14.8. The summed E-state index contributed by atoms with van der Waals surface area (Å²) in [6.45, 7) is 5.00. The van der Waals surface area contributed by atoms with Crippen LogP contribution in [0.5, 0.6) is 0 Å². The number of allylic oxidation sites excluding steroid dienone is 1. The zero-order chi connectivity index (χ0) is 67.1. The molecule has 3 aliphatic rings. The first-order chi connectivity index (χ1) is 41.5. The minimum atomic E-state index is -4.10. The molecule has 1 aliphatic heterocycles. The van der Waals surface area contributed by atoms with E-state index in [0.717, 1.165) is 60.1 Å². The number of carbonyl (C=O) groups is 5. The molecule has 0 N–H and O–H groups in total. The molecule has 1 fully saturated rings. The number of rotatable bonds is 15. The Morgan fingerprint density at radius 3 is 1.60 bits per heavy atom. The van der Waals surface area contributed by atoms with Gasteiger partial charge in [-0.15, -0.1) is 23.5 Å². The highest BCUT2D eigenvalue weighted by atomic mass is 79.9. The van der Waals surface area contributed by atoms with Crippen molar-refractivity contribution in [1.82, 2.24) is 0 Å². The molecular weight excluding hydrogens is 1590 g/mol. The lowest BCUT2D eigenvalue weighted by molar-refractivity contribution is -0.151. The molecule has 486 valence electrons. The predicted octanol–water partition coefficient (Wildman–Crippen LogP) is 19.2. The van der Waals surface area contributed by atoms with Crippen molar-refractivity contribution in [3.8, 4) is 0 Å². The first-order valence-corrected chi connectivity index (χ1v) is 31.6. The maximum Gasteiger partial charge on any atom is 0.310 e. The van der Waals surface area contributed by atoms with Gasteiger partial charge in [0.05, 0.1) is 61.3 Å². The highest BCUT2D eigenvalue weighted by Gasteiger charge is 2.52. The molecule has 0 spiro atoms. The van der Waals surface area contributed by atoms with Gasteiger partial charge in [-0.2, -0.15) is 26.3 Å². The molecule has 0 amide bonds. The molecule has 0 saturated carbocycles. The lowest BCUT2D eigenvalue weighted by Gasteiger charge is -2.31. The van der Waals surface area contributed by atoms with Crippen LogP contribution in [0, 0.1) is 29.1 Å². The summed E-state index contributed by atoms with van der Waals surface area (Å²) in [5, 5.41) is 0. The molecule has 0 radical (unpaired) electrons. The molecule has 8 nitrogen and oxygen atoms in total. The molecule has 0 aromatic heterocycles. The normalized spacial score (nSPS) is 17.6. The lowest BCUT2D eigenvalue weighted by Crippen LogP contribution is -2.37. The molecule has 31 heteroatoms. The van der Waals surface area contributed by atoms with Crippen LogP contribution in [0.25, 0.3) is 6.08 Å². The Morgan fingerprint density at radius 2 is 1.07 bits per heavy atom. The number of halogens is 21. The molecule has 5 aromatic carbocycles. The van der Waals surface area contributed by atoms with Crippen LogP contribution < -0.4 is 0 Å². The largest absolute Gasteiger partial charge is 0.466 e. The fourth-order valence-electron chi connectivity index (χ4n) is 8.16. The summed E-state index contributed by atoms with van der Waals surface area (Å²) in [5.41, 5.74) is -3.64. The van der Waals surface area contributed by atoms with Crippen molar-refractivity contribution in [2.75, 3.05) is 31.3 Å². The van der Waals surface area contributed by atoms with E-state index in [0.29, 0.717) is 19.0 Å². The van der Waals surface area contributed by atoms with Crippen LogP contribution in [0.3, 0.4) is 0 Å². The fourth-order valence-corrected chi connectivity index (χ4v) is 13.3. The van der Waals surface area contributed by atoms with Crippen molar-refractivity contribution in [2.45, 2.75) is 99.2 Å². The highest BCUT2D eigenvalue weighted by Crippen LogP contribution is 2.57. The van der Waals surface area contributed by atoms with Crippen LogP contribution in [0.1, 0.15) is 95.0 Å². The van der Waals surface area contributed by atoms with Gasteiger partial charge in [0.1, 0.15) is 39.3 Å². The van der Waals surface area contributed by atoms with Gasteiger partial charge in [0, 0.05) is 51.4 Å². The van der Waals surface area contributed by atoms with Crippen molar-refractivity contribution < 1.29 is 108 Å². The second kappa shape index (κ2) is 33.9. The van der Waals surface area contributed by atoms with E-state index in [1.54, 1.807) is 26.0 Å². The van der Waals surface area contributed by atoms with E-state index in [4.69, 9.17) is 4.74 Å². The van der Waals surface area contributed by atoms with Gasteiger partial charge in [-0.05, 0) is 105 Å². The maximum atomic E-state index is 14.8. The average Bonchev–Trinajstić information content (AvgIpc) is 1.62. The number of fused-ring (bicyclic) bond motifs is 2. The number of esters is 3. The summed E-state index contributed by atoms with van der Waals surface area (Å²) in [4.78, 5) is 56.4. The molecule has 1 heterocycles. The number of Topliss-reactive ketones (excluding diaryl/α,β-unsaturated/α-hetero) is 2. The van der Waals surface area contributed by atoms with Crippen molar-refractivity contribution in [1.29, 1.82) is 0 Å². The average molecular weight is 1640 g/mol. The fraction of sp³-hybridized carbons (Fsp3) is 0.362. The number of hydrogen-bond acceptors (Lipinski definition) is 10. The van der Waals surface area contributed by atoms with Gasteiger partial charge in [0.25, 0.3) is 0 Å². The van der Waals surface area contributed by atoms with Gasteiger partial charge >= 0.3 is 35.7 Å². The number of alkyl halides is 11. The lowest BCUT2D eigenvalue weighted by atomic mass is 9.86. The molecular formula is C58H47Br5F16O8S2. The van der Waals surface area contributed by atoms with Crippen molar-refractivity contribution >= 4 is 139 Å². The molecule has 5 atom stereocenters. The topological polar surface area (TPSA) is 113 Å². The number of hydrogen-bond donors (Lipinski definition) is 0. The van der Waals surface area contributed by atoms with Crippen molar-refractivity contribution in [3.63, 3.8) is 0 Å². The second-order valence-electron chi connectivity index (χ2n) is 18.4. The summed E-state index contributed by atoms with van der Waals surface area (Å²) in [5.74, 6) is -19.7. The molecule has 89 heavy (non-hydrogen) atoms. The molecule has 0 bridgehead atoms. The van der Waals surface area contributed by atoms with Gasteiger partial charge in [-0.3, -0.25) is 24.0 Å². The highest BCUT2D eigenvalue weighted by molar-refractivity contribution is 9.11. The predicted molar refractivity (Wildman–Crippen MR) is 319 cm³/mol. The molecule has 5 unspecified atom stereocenters. The molecule has 5 aromatic rings. The zero-order valence-corrected chi connectivity index (χ0v) is 55.5. The Balaban J connectivity index is 0.000000239. The Labute approximate surface area is 549 Å². The monoisotopic (exact) mass is 1630 g/mol. The van der Waals surface area contributed by atoms with Crippen LogP contribution in [0.4, 0.5) is 70.2 Å². The standard InChI is InChI=1S/C14H15BrF2O2S2.C12H11BrF4O2.C12H11BrF2O3.C10H5BrF4O.C10H5BrF4/c1-2-19-13(18)8-12(17)14(20-5-6-21-14)10-4-3-9(15)7-11(10)16;1-2-19-11(18)6-10(15)12(16,17)8-4-3-7(13)5-9(8)14;1-2-18-11(16)6-10(15)12(17)8-4-3-7(13)5-9(8)14;11-4-1-5-7(16)3-8(13)10(14,15)9(5)6(12)2-4;11-6-3-5-1-2-8(13)10(14,15)9(5)7(12)4-6/h3-4,7,12H,2,5-6,8H2,1H3;3-5,10H,2,6H2,1H3;3-5,10H,2,6H2,1H3;1-2,8H,3H2;1-4,8H. The zero-order valence-electron chi connectivity index (χ0n) is 45.9. The van der Waals surface area contributed by atoms with E-state index in [1.807, 2.05) is 0 Å². The SMILES string of the molecule is CCOC(=O)CC(F)C(=O)c1ccc(Br)cc1F.CCOC(=O)CC(F)C(F)(F)c1ccc(Br)cc1F.CCOC(=O)CC(F)C1(c2ccc(Br)cc2F)SCCS1.Fc1cc(Br)cc2c1C(F)(F)C(F)C=C2.O=C1CC(F)C(F)(F)c2c(F)cc(Br)cc21. The molecule has 8 rings (SSSR count). The van der Waals surface area contributed by atoms with Gasteiger partial charge in [-0.25, -0.2) is 43.9 Å². The Bertz CT molecular complexity index is 3380. The van der Waals surface area contributed by atoms with E-state index >= 15 is 0 Å². The van der Waals surface area contributed by atoms with Crippen LogP contribution in [0.2, 0.25) is 0 Å². The first-order valence-electron chi connectivity index (χ1n) is 25.7. The van der Waals surface area contributed by atoms with Crippen LogP contribution in [-0.2, 0) is 50.4 Å². The van der Waals surface area contributed by atoms with Crippen molar-refractivity contribution in [3.05, 3.63) is 175 Å². The number of benzene rings is 5. The third-order valence-corrected chi connectivity index (χ3v) is 18.2.